The van der Waals surface area contributed by atoms with Gasteiger partial charge in [0.25, 0.3) is 5.91 Å². The minimum Gasteiger partial charge on any atom is -0.487 e. The number of morpholine rings is 1. The number of aromatic nitrogens is 1. The molecule has 9 nitrogen and oxygen atoms in total. The highest BCUT2D eigenvalue weighted by Crippen LogP contribution is 2.33. The van der Waals surface area contributed by atoms with Crippen LogP contribution in [0, 0.1) is 0 Å². The lowest BCUT2D eigenvalue weighted by Gasteiger charge is -2.29. The van der Waals surface area contributed by atoms with Crippen molar-refractivity contribution in [3.63, 3.8) is 0 Å². The smallest absolute Gasteiger partial charge is 0.255 e. The van der Waals surface area contributed by atoms with Crippen molar-refractivity contribution in [2.75, 3.05) is 26.3 Å². The highest BCUT2D eigenvalue weighted by Gasteiger charge is 2.40. The Morgan fingerprint density at radius 3 is 2.82 bits per heavy atom. The summed E-state index contributed by atoms with van der Waals surface area (Å²) in [6.45, 7) is 4.75. The van der Waals surface area contributed by atoms with E-state index in [1.165, 1.54) is 10.5 Å². The first-order valence-electron chi connectivity index (χ1n) is 11.2. The Hall–Kier alpha value is -3.30. The fourth-order valence-corrected chi connectivity index (χ4v) is 4.57. The van der Waals surface area contributed by atoms with E-state index in [0.29, 0.717) is 17.7 Å². The maximum absolute atomic E-state index is 13.0. The van der Waals surface area contributed by atoms with Crippen LogP contribution in [0.15, 0.2) is 36.5 Å². The van der Waals surface area contributed by atoms with Gasteiger partial charge in [-0.3, -0.25) is 29.6 Å². The van der Waals surface area contributed by atoms with E-state index in [-0.39, 0.29) is 31.4 Å². The molecule has 0 saturated carbocycles. The highest BCUT2D eigenvalue weighted by atomic mass is 16.5. The lowest BCUT2D eigenvalue weighted by atomic mass is 10.0. The maximum Gasteiger partial charge on any atom is 0.255 e. The van der Waals surface area contributed by atoms with E-state index in [1.54, 1.807) is 18.3 Å². The van der Waals surface area contributed by atoms with Crippen LogP contribution < -0.4 is 10.1 Å². The van der Waals surface area contributed by atoms with Crippen LogP contribution in [0.5, 0.6) is 5.75 Å². The van der Waals surface area contributed by atoms with Gasteiger partial charge in [-0.05, 0) is 36.2 Å². The first-order valence-corrected chi connectivity index (χ1v) is 11.2. The molecule has 2 aromatic rings. The van der Waals surface area contributed by atoms with Crippen LogP contribution in [-0.4, -0.2) is 64.9 Å². The molecule has 33 heavy (non-hydrogen) atoms. The summed E-state index contributed by atoms with van der Waals surface area (Å²) in [6.07, 6.45) is 2.35. The van der Waals surface area contributed by atoms with E-state index >= 15 is 0 Å². The van der Waals surface area contributed by atoms with Crippen LogP contribution in [0.25, 0.3) is 0 Å². The lowest BCUT2D eigenvalue weighted by molar-refractivity contribution is -0.136. The zero-order valence-electron chi connectivity index (χ0n) is 18.3. The largest absolute Gasteiger partial charge is 0.487 e. The van der Waals surface area contributed by atoms with Gasteiger partial charge in [0.15, 0.2) is 0 Å². The molecule has 1 N–H and O–H groups in total. The molecule has 1 atom stereocenters. The second-order valence-corrected chi connectivity index (χ2v) is 8.51. The quantitative estimate of drug-likeness (QED) is 0.661. The molecule has 2 saturated heterocycles. The van der Waals surface area contributed by atoms with Crippen LogP contribution in [-0.2, 0) is 34.0 Å². The lowest BCUT2D eigenvalue weighted by Crippen LogP contribution is -2.52. The van der Waals surface area contributed by atoms with Gasteiger partial charge in [0.1, 0.15) is 18.4 Å². The van der Waals surface area contributed by atoms with Crippen molar-refractivity contribution in [2.24, 2.45) is 0 Å². The van der Waals surface area contributed by atoms with Gasteiger partial charge in [-0.25, -0.2) is 0 Å². The Kier molecular flexibility index (Phi) is 6.06. The summed E-state index contributed by atoms with van der Waals surface area (Å²) in [5.41, 5.74) is 3.27. The van der Waals surface area contributed by atoms with Crippen molar-refractivity contribution >= 4 is 17.7 Å². The molecule has 4 heterocycles. The third-order valence-corrected chi connectivity index (χ3v) is 6.31. The number of carbonyl (C=O) groups excluding carboxylic acids is 3. The average molecular weight is 450 g/mol. The van der Waals surface area contributed by atoms with Crippen molar-refractivity contribution in [3.05, 3.63) is 58.9 Å². The number of nitrogens with one attached hydrogen (secondary N) is 1. The highest BCUT2D eigenvalue weighted by molar-refractivity contribution is 6.05. The Morgan fingerprint density at radius 2 is 2.00 bits per heavy atom. The van der Waals surface area contributed by atoms with Gasteiger partial charge in [0.05, 0.1) is 25.5 Å². The Labute approximate surface area is 191 Å². The summed E-state index contributed by atoms with van der Waals surface area (Å²) < 4.78 is 11.5. The fourth-order valence-electron chi connectivity index (χ4n) is 4.57. The third kappa shape index (κ3) is 4.60. The molecule has 1 unspecified atom stereocenters. The Balaban J connectivity index is 1.26. The average Bonchev–Trinajstić information content (AvgIpc) is 3.15. The van der Waals surface area contributed by atoms with Crippen LogP contribution in [0.2, 0.25) is 0 Å². The minimum absolute atomic E-state index is 0.212. The molecule has 1 aromatic carbocycles. The van der Waals surface area contributed by atoms with Gasteiger partial charge >= 0.3 is 0 Å². The van der Waals surface area contributed by atoms with Crippen molar-refractivity contribution in [2.45, 2.75) is 38.6 Å². The van der Waals surface area contributed by atoms with Crippen molar-refractivity contribution < 1.29 is 23.9 Å². The summed E-state index contributed by atoms with van der Waals surface area (Å²) in [6, 6.07) is 8.77. The monoisotopic (exact) mass is 450 g/mol. The van der Waals surface area contributed by atoms with Gasteiger partial charge in [0.2, 0.25) is 11.8 Å². The van der Waals surface area contributed by atoms with E-state index in [1.807, 2.05) is 18.2 Å². The molecule has 2 fully saturated rings. The number of nitrogens with zero attached hydrogens (tertiary/aromatic N) is 3. The molecule has 0 radical (unpaired) electrons. The van der Waals surface area contributed by atoms with Crippen molar-refractivity contribution in [3.8, 4) is 5.75 Å². The number of rotatable bonds is 6. The number of imide groups is 1. The van der Waals surface area contributed by atoms with E-state index in [4.69, 9.17) is 9.47 Å². The number of benzene rings is 1. The van der Waals surface area contributed by atoms with E-state index in [2.05, 4.69) is 15.2 Å². The van der Waals surface area contributed by atoms with Gasteiger partial charge in [-0.1, -0.05) is 6.07 Å². The summed E-state index contributed by atoms with van der Waals surface area (Å²) >= 11 is 0. The van der Waals surface area contributed by atoms with E-state index < -0.39 is 11.9 Å². The number of pyridine rings is 1. The summed E-state index contributed by atoms with van der Waals surface area (Å²) in [5.74, 6) is -0.324. The number of carbonyl (C=O) groups is 3. The zero-order chi connectivity index (χ0) is 22.8. The number of hydrogen-bond donors (Lipinski definition) is 1. The van der Waals surface area contributed by atoms with Crippen LogP contribution in [0.3, 0.4) is 0 Å². The number of hydrogen-bond acceptors (Lipinski definition) is 7. The molecule has 9 heteroatoms. The summed E-state index contributed by atoms with van der Waals surface area (Å²) in [5, 5.41) is 2.33. The molecule has 5 rings (SSSR count). The van der Waals surface area contributed by atoms with Crippen LogP contribution in [0.1, 0.15) is 40.0 Å². The molecule has 0 spiro atoms. The molecule has 0 aliphatic carbocycles. The zero-order valence-corrected chi connectivity index (χ0v) is 18.3. The normalized spacial score (nSPS) is 21.2. The Morgan fingerprint density at radius 1 is 1.15 bits per heavy atom. The third-order valence-electron chi connectivity index (χ3n) is 6.31. The SMILES string of the molecule is O=C1CCC(N2Cc3c(OCc4cc(CN5CCOCC5)ccn4)cccc3C2=O)C(=O)N1. The number of fused-ring (bicyclic) bond motifs is 1. The predicted molar refractivity (Wildman–Crippen MR) is 117 cm³/mol. The first-order chi connectivity index (χ1) is 16.1. The second kappa shape index (κ2) is 9.29. The molecule has 172 valence electrons. The minimum atomic E-state index is -0.644. The van der Waals surface area contributed by atoms with Crippen molar-refractivity contribution in [1.29, 1.82) is 0 Å². The maximum atomic E-state index is 13.0. The summed E-state index contributed by atoms with van der Waals surface area (Å²) in [4.78, 5) is 45.0. The molecular formula is C24H26N4O5. The molecule has 0 bridgehead atoms. The molecule has 3 aliphatic rings. The van der Waals surface area contributed by atoms with Crippen LogP contribution in [0.4, 0.5) is 0 Å². The topological polar surface area (TPSA) is 101 Å². The summed E-state index contributed by atoms with van der Waals surface area (Å²) in [7, 11) is 0. The molecule has 3 aliphatic heterocycles. The number of piperidine rings is 1. The van der Waals surface area contributed by atoms with E-state index in [9.17, 15) is 14.4 Å². The Bertz CT molecular complexity index is 1080. The molecule has 3 amide bonds. The van der Waals surface area contributed by atoms with Crippen molar-refractivity contribution in [1.82, 2.24) is 20.1 Å². The fraction of sp³-hybridized carbons (Fsp3) is 0.417. The van der Waals surface area contributed by atoms with E-state index in [0.717, 1.165) is 44.1 Å². The second-order valence-electron chi connectivity index (χ2n) is 8.51. The van der Waals surface area contributed by atoms with Crippen LogP contribution >= 0.6 is 0 Å². The van der Waals surface area contributed by atoms with Gasteiger partial charge in [-0.2, -0.15) is 0 Å². The van der Waals surface area contributed by atoms with Gasteiger partial charge < -0.3 is 14.4 Å². The molecular weight excluding hydrogens is 424 g/mol. The predicted octanol–water partition coefficient (Wildman–Crippen LogP) is 1.25. The molecule has 1 aromatic heterocycles. The number of amides is 3. The number of ether oxygens (including phenoxy) is 2. The van der Waals surface area contributed by atoms with Gasteiger partial charge in [0, 0.05) is 43.4 Å². The first kappa shape index (κ1) is 21.5. The standard InChI is InChI=1S/C24H26N4O5/c29-22-5-4-20(23(30)26-22)28-14-19-18(24(28)31)2-1-3-21(19)33-15-17-12-16(6-7-25-17)13-27-8-10-32-11-9-27/h1-3,6-7,12,20H,4-5,8-11,13-15H2,(H,26,29,30). The van der Waals surface area contributed by atoms with Gasteiger partial charge in [-0.15, -0.1) is 0 Å².